The fourth-order valence-corrected chi connectivity index (χ4v) is 3.03. The minimum Gasteiger partial charge on any atom is -0.354 e. The van der Waals surface area contributed by atoms with Crippen LogP contribution in [0.1, 0.15) is 5.82 Å². The van der Waals surface area contributed by atoms with Crippen molar-refractivity contribution in [3.8, 4) is 11.3 Å². The van der Waals surface area contributed by atoms with E-state index >= 15 is 0 Å². The summed E-state index contributed by atoms with van der Waals surface area (Å²) >= 11 is 5.90. The molecule has 9 heteroatoms. The lowest BCUT2D eigenvalue weighted by Crippen LogP contribution is -2.34. The van der Waals surface area contributed by atoms with Gasteiger partial charge in [0.1, 0.15) is 12.4 Å². The molecule has 0 atom stereocenters. The molecule has 146 valence electrons. The van der Waals surface area contributed by atoms with Gasteiger partial charge in [0, 0.05) is 35.8 Å². The lowest BCUT2D eigenvalue weighted by atomic mass is 10.1. The normalized spacial score (nSPS) is 10.9. The smallest absolute Gasteiger partial charge is 0.267 e. The van der Waals surface area contributed by atoms with Crippen molar-refractivity contribution in [3.05, 3.63) is 82.0 Å². The summed E-state index contributed by atoms with van der Waals surface area (Å²) in [6, 6.07) is 15.8. The number of halogens is 1. The third-order valence-electron chi connectivity index (χ3n) is 4.36. The number of nitrogens with one attached hydrogen (secondary N) is 1. The molecule has 0 saturated heterocycles. The van der Waals surface area contributed by atoms with Crippen LogP contribution >= 0.6 is 11.6 Å². The lowest BCUT2D eigenvalue weighted by molar-refractivity contribution is -0.121. The van der Waals surface area contributed by atoms with Gasteiger partial charge in [-0.3, -0.25) is 14.0 Å². The van der Waals surface area contributed by atoms with E-state index in [1.165, 1.54) is 6.07 Å². The van der Waals surface area contributed by atoms with Crippen LogP contribution in [-0.4, -0.2) is 36.8 Å². The van der Waals surface area contributed by atoms with Crippen LogP contribution < -0.4 is 10.9 Å². The maximum atomic E-state index is 12.3. The van der Waals surface area contributed by atoms with E-state index in [4.69, 9.17) is 11.6 Å². The van der Waals surface area contributed by atoms with Gasteiger partial charge in [-0.25, -0.2) is 4.68 Å². The van der Waals surface area contributed by atoms with Crippen LogP contribution in [0.2, 0.25) is 5.02 Å². The third kappa shape index (κ3) is 4.33. The van der Waals surface area contributed by atoms with Gasteiger partial charge in [-0.1, -0.05) is 29.8 Å². The maximum absolute atomic E-state index is 12.3. The molecular weight excluding hydrogens is 392 g/mol. The Morgan fingerprint density at radius 2 is 1.86 bits per heavy atom. The highest BCUT2D eigenvalue weighted by atomic mass is 35.5. The van der Waals surface area contributed by atoms with E-state index in [-0.39, 0.29) is 18.0 Å². The molecule has 29 heavy (non-hydrogen) atoms. The van der Waals surface area contributed by atoms with Crippen LogP contribution in [0.5, 0.6) is 0 Å². The van der Waals surface area contributed by atoms with Crippen molar-refractivity contribution in [3.63, 3.8) is 0 Å². The summed E-state index contributed by atoms with van der Waals surface area (Å²) in [4.78, 5) is 24.4. The highest BCUT2D eigenvalue weighted by molar-refractivity contribution is 6.30. The first-order chi connectivity index (χ1) is 14.1. The molecule has 0 radical (unpaired) electrons. The average molecular weight is 409 g/mol. The fourth-order valence-electron chi connectivity index (χ4n) is 2.90. The maximum Gasteiger partial charge on any atom is 0.267 e. The SMILES string of the molecule is O=C(Cn1nc(-c2ccc(Cl)cc2)ccc1=O)NCCc1nnc2ccccn12. The molecule has 0 aliphatic heterocycles. The molecule has 0 aliphatic carbocycles. The highest BCUT2D eigenvalue weighted by Crippen LogP contribution is 2.18. The Bertz CT molecular complexity index is 1220. The molecule has 4 aromatic rings. The summed E-state index contributed by atoms with van der Waals surface area (Å²) in [6.07, 6.45) is 2.39. The van der Waals surface area contributed by atoms with Crippen molar-refractivity contribution in [2.45, 2.75) is 13.0 Å². The predicted octanol–water partition coefficient (Wildman–Crippen LogP) is 1.97. The number of rotatable bonds is 6. The van der Waals surface area contributed by atoms with E-state index in [9.17, 15) is 9.59 Å². The van der Waals surface area contributed by atoms with Crippen LogP contribution in [0.15, 0.2) is 65.6 Å². The molecule has 8 nitrogen and oxygen atoms in total. The largest absolute Gasteiger partial charge is 0.354 e. The summed E-state index contributed by atoms with van der Waals surface area (Å²) in [5.41, 5.74) is 1.80. The Morgan fingerprint density at radius 3 is 2.69 bits per heavy atom. The van der Waals surface area contributed by atoms with Crippen LogP contribution in [-0.2, 0) is 17.8 Å². The summed E-state index contributed by atoms with van der Waals surface area (Å²) in [6.45, 7) is 0.209. The number of benzene rings is 1. The van der Waals surface area contributed by atoms with Gasteiger partial charge in [-0.15, -0.1) is 10.2 Å². The molecule has 0 spiro atoms. The molecule has 0 unspecified atom stereocenters. The number of carbonyl (C=O) groups excluding carboxylic acids is 1. The van der Waals surface area contributed by atoms with Crippen molar-refractivity contribution in [1.29, 1.82) is 0 Å². The van der Waals surface area contributed by atoms with Gasteiger partial charge in [0.15, 0.2) is 5.65 Å². The number of aromatic nitrogens is 5. The van der Waals surface area contributed by atoms with E-state index in [1.54, 1.807) is 18.2 Å². The first kappa shape index (κ1) is 18.8. The lowest BCUT2D eigenvalue weighted by Gasteiger charge is -2.08. The van der Waals surface area contributed by atoms with E-state index in [0.717, 1.165) is 21.7 Å². The second-order valence-electron chi connectivity index (χ2n) is 6.37. The van der Waals surface area contributed by atoms with Crippen molar-refractivity contribution in [2.24, 2.45) is 0 Å². The second-order valence-corrected chi connectivity index (χ2v) is 6.80. The van der Waals surface area contributed by atoms with Crippen LogP contribution in [0.25, 0.3) is 16.9 Å². The number of hydrogen-bond acceptors (Lipinski definition) is 5. The van der Waals surface area contributed by atoms with Crippen LogP contribution in [0.3, 0.4) is 0 Å². The number of hydrogen-bond donors (Lipinski definition) is 1. The molecule has 4 rings (SSSR count). The quantitative estimate of drug-likeness (QED) is 0.526. The third-order valence-corrected chi connectivity index (χ3v) is 4.61. The molecule has 0 aliphatic rings. The summed E-state index contributed by atoms with van der Waals surface area (Å²) in [7, 11) is 0. The van der Waals surface area contributed by atoms with Gasteiger partial charge in [-0.05, 0) is 30.3 Å². The van der Waals surface area contributed by atoms with E-state index in [2.05, 4.69) is 20.6 Å². The molecule has 1 amide bonds. The molecule has 3 aromatic heterocycles. The van der Waals surface area contributed by atoms with Crippen molar-refractivity contribution in [2.75, 3.05) is 6.54 Å². The Morgan fingerprint density at radius 1 is 1.03 bits per heavy atom. The first-order valence-corrected chi connectivity index (χ1v) is 9.37. The monoisotopic (exact) mass is 408 g/mol. The van der Waals surface area contributed by atoms with Gasteiger partial charge in [0.05, 0.1) is 5.69 Å². The Hall–Kier alpha value is -3.52. The van der Waals surface area contributed by atoms with Gasteiger partial charge < -0.3 is 5.32 Å². The molecular formula is C20H17ClN6O2. The topological polar surface area (TPSA) is 94.2 Å². The highest BCUT2D eigenvalue weighted by Gasteiger charge is 2.09. The second kappa shape index (κ2) is 8.24. The summed E-state index contributed by atoms with van der Waals surface area (Å²) < 4.78 is 3.01. The van der Waals surface area contributed by atoms with Crippen molar-refractivity contribution in [1.82, 2.24) is 29.7 Å². The zero-order valence-corrected chi connectivity index (χ0v) is 16.1. The number of pyridine rings is 1. The number of carbonyl (C=O) groups is 1. The standard InChI is InChI=1S/C20H17ClN6O2/c21-15-6-4-14(5-7-15)16-8-9-20(29)27(25-16)13-19(28)22-11-10-18-24-23-17-3-1-2-12-26(17)18/h1-9,12H,10-11,13H2,(H,22,28). The molecule has 1 N–H and O–H groups in total. The zero-order valence-electron chi connectivity index (χ0n) is 15.3. The van der Waals surface area contributed by atoms with Gasteiger partial charge >= 0.3 is 0 Å². The first-order valence-electron chi connectivity index (χ1n) is 8.99. The fraction of sp³-hybridized carbons (Fsp3) is 0.150. The van der Waals surface area contributed by atoms with E-state index in [1.807, 2.05) is 40.9 Å². The summed E-state index contributed by atoms with van der Waals surface area (Å²) in [5, 5.41) is 15.9. The van der Waals surface area contributed by atoms with Gasteiger partial charge in [0.25, 0.3) is 5.56 Å². The summed E-state index contributed by atoms with van der Waals surface area (Å²) in [5.74, 6) is 0.447. The van der Waals surface area contributed by atoms with Gasteiger partial charge in [-0.2, -0.15) is 5.10 Å². The van der Waals surface area contributed by atoms with Gasteiger partial charge in [0.2, 0.25) is 5.91 Å². The molecule has 0 saturated carbocycles. The van der Waals surface area contributed by atoms with Crippen LogP contribution in [0, 0.1) is 0 Å². The average Bonchev–Trinajstić information content (AvgIpc) is 3.14. The van der Waals surface area contributed by atoms with Crippen molar-refractivity contribution < 1.29 is 4.79 Å². The zero-order chi connectivity index (χ0) is 20.2. The Labute approximate surface area is 170 Å². The Balaban J connectivity index is 1.39. The number of nitrogens with zero attached hydrogens (tertiary/aromatic N) is 5. The van der Waals surface area contributed by atoms with E-state index < -0.39 is 0 Å². The number of fused-ring (bicyclic) bond motifs is 1. The molecule has 0 bridgehead atoms. The molecule has 3 heterocycles. The Kier molecular flexibility index (Phi) is 5.35. The van der Waals surface area contributed by atoms with Crippen molar-refractivity contribution >= 4 is 23.2 Å². The minimum atomic E-state index is -0.346. The molecule has 0 fully saturated rings. The predicted molar refractivity (Wildman–Crippen MR) is 109 cm³/mol. The minimum absolute atomic E-state index is 0.166. The van der Waals surface area contributed by atoms with E-state index in [0.29, 0.717) is 23.7 Å². The molecule has 1 aromatic carbocycles. The number of amides is 1. The van der Waals surface area contributed by atoms with Crippen LogP contribution in [0.4, 0.5) is 0 Å².